The smallest absolute Gasteiger partial charge is 0.0171 e. The zero-order valence-electron chi connectivity index (χ0n) is 9.04. The molecule has 0 radical (unpaired) electrons. The van der Waals surface area contributed by atoms with Crippen molar-refractivity contribution in [2.75, 3.05) is 5.75 Å². The van der Waals surface area contributed by atoms with Crippen LogP contribution in [0.4, 0.5) is 0 Å². The standard InChI is InChI=1S/C12H21NS/c1-8-5-10(7-14-8)13-12-4-2-3-9-6-11(9)12/h8-13H,2-7H2,1H3/t8?,9-,10?,11+,12?/m1/s1. The van der Waals surface area contributed by atoms with E-state index in [1.54, 1.807) is 0 Å². The molecule has 0 bridgehead atoms. The second-order valence-corrected chi connectivity index (χ2v) is 6.91. The molecule has 1 aliphatic heterocycles. The number of nitrogens with one attached hydrogen (secondary N) is 1. The third kappa shape index (κ3) is 1.83. The summed E-state index contributed by atoms with van der Waals surface area (Å²) in [5, 5.41) is 4.81. The predicted octanol–water partition coefficient (Wildman–Crippen LogP) is 2.66. The van der Waals surface area contributed by atoms with Gasteiger partial charge in [0.2, 0.25) is 0 Å². The van der Waals surface area contributed by atoms with Crippen molar-refractivity contribution in [3.8, 4) is 0 Å². The molecule has 2 aliphatic carbocycles. The Bertz CT molecular complexity index is 218. The van der Waals surface area contributed by atoms with E-state index in [9.17, 15) is 0 Å². The van der Waals surface area contributed by atoms with Crippen LogP contribution >= 0.6 is 11.8 Å². The second-order valence-electron chi connectivity index (χ2n) is 5.44. The van der Waals surface area contributed by atoms with E-state index in [2.05, 4.69) is 24.0 Å². The maximum absolute atomic E-state index is 3.92. The molecule has 0 amide bonds. The van der Waals surface area contributed by atoms with Gasteiger partial charge in [0.1, 0.15) is 0 Å². The molecule has 1 nitrogen and oxygen atoms in total. The topological polar surface area (TPSA) is 12.0 Å². The van der Waals surface area contributed by atoms with Crippen molar-refractivity contribution in [2.24, 2.45) is 11.8 Å². The lowest BCUT2D eigenvalue weighted by molar-refractivity contribution is 0.326. The fraction of sp³-hybridized carbons (Fsp3) is 1.00. The SMILES string of the molecule is CC1CC(NC2CCC[C@@H]3C[C@H]23)CS1. The highest BCUT2D eigenvalue weighted by Crippen LogP contribution is 2.49. The first kappa shape index (κ1) is 9.53. The first-order chi connectivity index (χ1) is 6.83. The molecular weight excluding hydrogens is 190 g/mol. The van der Waals surface area contributed by atoms with Crippen molar-refractivity contribution in [1.29, 1.82) is 0 Å². The maximum Gasteiger partial charge on any atom is 0.0171 e. The third-order valence-corrected chi connectivity index (χ3v) is 5.59. The molecule has 80 valence electrons. The van der Waals surface area contributed by atoms with Crippen LogP contribution in [0.15, 0.2) is 0 Å². The van der Waals surface area contributed by atoms with Crippen molar-refractivity contribution in [2.45, 2.75) is 56.4 Å². The van der Waals surface area contributed by atoms with E-state index < -0.39 is 0 Å². The highest BCUT2D eigenvalue weighted by atomic mass is 32.2. The molecular formula is C12H21NS. The van der Waals surface area contributed by atoms with Crippen LogP contribution in [0.5, 0.6) is 0 Å². The number of fused-ring (bicyclic) bond motifs is 1. The summed E-state index contributed by atoms with van der Waals surface area (Å²) in [4.78, 5) is 0. The molecule has 14 heavy (non-hydrogen) atoms. The molecule has 0 aromatic rings. The van der Waals surface area contributed by atoms with Gasteiger partial charge in [-0.2, -0.15) is 11.8 Å². The van der Waals surface area contributed by atoms with Gasteiger partial charge < -0.3 is 5.32 Å². The van der Waals surface area contributed by atoms with Gasteiger partial charge in [-0.25, -0.2) is 0 Å². The lowest BCUT2D eigenvalue weighted by atomic mass is 9.94. The lowest BCUT2D eigenvalue weighted by Crippen LogP contribution is -2.41. The highest BCUT2D eigenvalue weighted by Gasteiger charge is 2.45. The van der Waals surface area contributed by atoms with Crippen LogP contribution in [-0.2, 0) is 0 Å². The lowest BCUT2D eigenvalue weighted by Gasteiger charge is -2.26. The highest BCUT2D eigenvalue weighted by molar-refractivity contribution is 8.00. The van der Waals surface area contributed by atoms with Crippen LogP contribution < -0.4 is 5.32 Å². The van der Waals surface area contributed by atoms with E-state index in [0.29, 0.717) is 0 Å². The van der Waals surface area contributed by atoms with E-state index >= 15 is 0 Å². The van der Waals surface area contributed by atoms with Crippen molar-refractivity contribution in [3.63, 3.8) is 0 Å². The van der Waals surface area contributed by atoms with E-state index in [1.807, 2.05) is 0 Å². The molecule has 3 rings (SSSR count). The molecule has 3 aliphatic rings. The second kappa shape index (κ2) is 3.71. The summed E-state index contributed by atoms with van der Waals surface area (Å²) < 4.78 is 0. The van der Waals surface area contributed by atoms with Gasteiger partial charge in [-0.3, -0.25) is 0 Å². The van der Waals surface area contributed by atoms with Gasteiger partial charge in [-0.15, -0.1) is 0 Å². The zero-order chi connectivity index (χ0) is 9.54. The Balaban J connectivity index is 1.52. The largest absolute Gasteiger partial charge is 0.310 e. The van der Waals surface area contributed by atoms with Gasteiger partial charge >= 0.3 is 0 Å². The normalized spacial score (nSPS) is 51.6. The number of hydrogen-bond donors (Lipinski definition) is 1. The Labute approximate surface area is 91.4 Å². The summed E-state index contributed by atoms with van der Waals surface area (Å²) in [6.45, 7) is 2.37. The summed E-state index contributed by atoms with van der Waals surface area (Å²) >= 11 is 2.15. The van der Waals surface area contributed by atoms with Gasteiger partial charge in [0.25, 0.3) is 0 Å². The van der Waals surface area contributed by atoms with Gasteiger partial charge in [0, 0.05) is 23.1 Å². The third-order valence-electron chi connectivity index (χ3n) is 4.23. The molecule has 0 spiro atoms. The predicted molar refractivity (Wildman–Crippen MR) is 62.7 cm³/mol. The van der Waals surface area contributed by atoms with Crippen LogP contribution in [0.2, 0.25) is 0 Å². The number of hydrogen-bond acceptors (Lipinski definition) is 2. The molecule has 0 aromatic carbocycles. The Kier molecular flexibility index (Phi) is 2.53. The van der Waals surface area contributed by atoms with Crippen molar-refractivity contribution < 1.29 is 0 Å². The monoisotopic (exact) mass is 211 g/mol. The van der Waals surface area contributed by atoms with Gasteiger partial charge in [-0.05, 0) is 31.1 Å². The summed E-state index contributed by atoms with van der Waals surface area (Å²) in [6.07, 6.45) is 7.40. The summed E-state index contributed by atoms with van der Waals surface area (Å²) in [5.41, 5.74) is 0. The van der Waals surface area contributed by atoms with Crippen molar-refractivity contribution >= 4 is 11.8 Å². The average Bonchev–Trinajstić information content (AvgIpc) is 2.86. The Morgan fingerprint density at radius 2 is 2.14 bits per heavy atom. The van der Waals surface area contributed by atoms with Crippen LogP contribution in [0.3, 0.4) is 0 Å². The van der Waals surface area contributed by atoms with Crippen molar-refractivity contribution in [3.05, 3.63) is 0 Å². The van der Waals surface area contributed by atoms with Gasteiger partial charge in [0.05, 0.1) is 0 Å². The minimum atomic E-state index is 0.833. The summed E-state index contributed by atoms with van der Waals surface area (Å²) in [5.74, 6) is 3.55. The quantitative estimate of drug-likeness (QED) is 0.753. The van der Waals surface area contributed by atoms with Crippen LogP contribution in [0, 0.1) is 11.8 Å². The first-order valence-electron chi connectivity index (χ1n) is 6.20. The fourth-order valence-electron chi connectivity index (χ4n) is 3.35. The van der Waals surface area contributed by atoms with E-state index in [1.165, 1.54) is 37.9 Å². The van der Waals surface area contributed by atoms with Crippen molar-refractivity contribution in [1.82, 2.24) is 5.32 Å². The van der Waals surface area contributed by atoms with Crippen LogP contribution in [0.1, 0.15) is 39.0 Å². The Hall–Kier alpha value is 0.310. The fourth-order valence-corrected chi connectivity index (χ4v) is 4.51. The van der Waals surface area contributed by atoms with E-state index in [-0.39, 0.29) is 0 Å². The number of thioether (sulfide) groups is 1. The van der Waals surface area contributed by atoms with E-state index in [0.717, 1.165) is 29.2 Å². The number of rotatable bonds is 2. The summed E-state index contributed by atoms with van der Waals surface area (Å²) in [6, 6.07) is 1.73. The van der Waals surface area contributed by atoms with Gasteiger partial charge in [-0.1, -0.05) is 19.8 Å². The Morgan fingerprint density at radius 1 is 1.21 bits per heavy atom. The van der Waals surface area contributed by atoms with E-state index in [4.69, 9.17) is 0 Å². The molecule has 0 aromatic heterocycles. The molecule has 2 heteroatoms. The molecule has 3 fully saturated rings. The molecule has 1 saturated heterocycles. The molecule has 1 N–H and O–H groups in total. The van der Waals surface area contributed by atoms with Crippen LogP contribution in [0.25, 0.3) is 0 Å². The molecule has 2 saturated carbocycles. The summed E-state index contributed by atoms with van der Waals surface area (Å²) in [7, 11) is 0. The first-order valence-corrected chi connectivity index (χ1v) is 7.25. The minimum Gasteiger partial charge on any atom is -0.310 e. The molecule has 1 heterocycles. The van der Waals surface area contributed by atoms with Crippen LogP contribution in [-0.4, -0.2) is 23.1 Å². The maximum atomic E-state index is 3.92. The minimum absolute atomic E-state index is 0.833. The average molecular weight is 211 g/mol. The zero-order valence-corrected chi connectivity index (χ0v) is 9.85. The van der Waals surface area contributed by atoms with Gasteiger partial charge in [0.15, 0.2) is 0 Å². The Morgan fingerprint density at radius 3 is 2.93 bits per heavy atom. The molecule has 5 atom stereocenters. The molecule has 3 unspecified atom stereocenters.